The topological polar surface area (TPSA) is 71.3 Å². The highest BCUT2D eigenvalue weighted by Crippen LogP contribution is 2.41. The molecule has 1 amide bonds. The standard InChI is InChI=1S/C11H14N2O3S/c1-4-6-10(15)13-8-7(12-6)9(5(2)14)16-11(8)17-3/h6,12H,4H2,1-3H3,(H,13,15). The quantitative estimate of drug-likeness (QED) is 0.640. The first-order valence-corrected chi connectivity index (χ1v) is 6.60. The van der Waals surface area contributed by atoms with Crippen molar-refractivity contribution in [2.24, 2.45) is 0 Å². The molecule has 0 aromatic carbocycles. The van der Waals surface area contributed by atoms with Gasteiger partial charge in [-0.25, -0.2) is 0 Å². The molecular formula is C11H14N2O3S. The van der Waals surface area contributed by atoms with Crippen molar-refractivity contribution in [3.63, 3.8) is 0 Å². The van der Waals surface area contributed by atoms with E-state index in [-0.39, 0.29) is 23.5 Å². The SMILES string of the molecule is CCC1Nc2c(C(C)=O)oc(SC)c2NC1=O. The molecule has 0 radical (unpaired) electrons. The Hall–Kier alpha value is -1.43. The summed E-state index contributed by atoms with van der Waals surface area (Å²) in [5.41, 5.74) is 1.19. The van der Waals surface area contributed by atoms with Crippen molar-refractivity contribution < 1.29 is 14.0 Å². The second-order valence-corrected chi connectivity index (χ2v) is 4.60. The molecular weight excluding hydrogens is 240 g/mol. The average molecular weight is 254 g/mol. The number of carbonyl (C=O) groups is 2. The molecule has 2 rings (SSSR count). The molecule has 1 aromatic heterocycles. The molecule has 0 saturated carbocycles. The lowest BCUT2D eigenvalue weighted by Gasteiger charge is -2.23. The lowest BCUT2D eigenvalue weighted by Crippen LogP contribution is -2.38. The molecule has 17 heavy (non-hydrogen) atoms. The summed E-state index contributed by atoms with van der Waals surface area (Å²) in [6.07, 6.45) is 2.49. The van der Waals surface area contributed by atoms with Crippen LogP contribution in [0.25, 0.3) is 0 Å². The van der Waals surface area contributed by atoms with Gasteiger partial charge >= 0.3 is 0 Å². The Bertz CT molecular complexity index is 481. The van der Waals surface area contributed by atoms with Crippen LogP contribution in [0.4, 0.5) is 11.4 Å². The van der Waals surface area contributed by atoms with Crippen LogP contribution in [-0.2, 0) is 4.79 Å². The van der Waals surface area contributed by atoms with Gasteiger partial charge in [0.1, 0.15) is 17.4 Å². The molecule has 2 N–H and O–H groups in total. The van der Waals surface area contributed by atoms with E-state index in [0.717, 1.165) is 0 Å². The Morgan fingerprint density at radius 3 is 2.71 bits per heavy atom. The Kier molecular flexibility index (Phi) is 3.15. The molecule has 0 fully saturated rings. The number of fused-ring (bicyclic) bond motifs is 1. The van der Waals surface area contributed by atoms with E-state index >= 15 is 0 Å². The van der Waals surface area contributed by atoms with Gasteiger partial charge in [0.05, 0.1) is 0 Å². The van der Waals surface area contributed by atoms with Crippen LogP contribution in [0, 0.1) is 0 Å². The number of carbonyl (C=O) groups excluding carboxylic acids is 2. The number of Topliss-reactive ketones (excluding diaryl/α,β-unsaturated/α-hetero) is 1. The van der Waals surface area contributed by atoms with Crippen LogP contribution < -0.4 is 10.6 Å². The number of hydrogen-bond donors (Lipinski definition) is 2. The minimum absolute atomic E-state index is 0.0915. The van der Waals surface area contributed by atoms with Crippen molar-refractivity contribution in [1.29, 1.82) is 0 Å². The fraction of sp³-hybridized carbons (Fsp3) is 0.455. The maximum absolute atomic E-state index is 11.7. The summed E-state index contributed by atoms with van der Waals surface area (Å²) < 4.78 is 5.46. The van der Waals surface area contributed by atoms with Gasteiger partial charge in [-0.2, -0.15) is 0 Å². The molecule has 1 unspecified atom stereocenters. The first-order chi connectivity index (χ1) is 8.08. The van der Waals surface area contributed by atoms with E-state index in [1.165, 1.54) is 18.7 Å². The van der Waals surface area contributed by atoms with Gasteiger partial charge in [-0.05, 0) is 12.7 Å². The zero-order valence-corrected chi connectivity index (χ0v) is 10.7. The molecule has 0 saturated heterocycles. The first-order valence-electron chi connectivity index (χ1n) is 5.37. The second-order valence-electron chi connectivity index (χ2n) is 3.82. The summed E-state index contributed by atoms with van der Waals surface area (Å²) in [6, 6.07) is -0.312. The monoisotopic (exact) mass is 254 g/mol. The maximum atomic E-state index is 11.7. The third-order valence-electron chi connectivity index (χ3n) is 2.67. The molecule has 92 valence electrons. The van der Waals surface area contributed by atoms with Crippen molar-refractivity contribution in [2.45, 2.75) is 31.4 Å². The van der Waals surface area contributed by atoms with Gasteiger partial charge in [0.2, 0.25) is 5.91 Å². The summed E-state index contributed by atoms with van der Waals surface area (Å²) in [5.74, 6) is 0.0362. The highest BCUT2D eigenvalue weighted by Gasteiger charge is 2.32. The van der Waals surface area contributed by atoms with E-state index in [1.54, 1.807) is 0 Å². The van der Waals surface area contributed by atoms with Crippen LogP contribution >= 0.6 is 11.8 Å². The Morgan fingerprint density at radius 1 is 1.47 bits per heavy atom. The third kappa shape index (κ3) is 1.93. The molecule has 1 aliphatic heterocycles. The van der Waals surface area contributed by atoms with E-state index in [9.17, 15) is 9.59 Å². The summed E-state index contributed by atoms with van der Waals surface area (Å²) in [7, 11) is 0. The molecule has 1 aliphatic rings. The normalized spacial score (nSPS) is 18.3. The lowest BCUT2D eigenvalue weighted by atomic mass is 10.1. The predicted molar refractivity (Wildman–Crippen MR) is 66.8 cm³/mol. The highest BCUT2D eigenvalue weighted by molar-refractivity contribution is 7.98. The Morgan fingerprint density at radius 2 is 2.18 bits per heavy atom. The summed E-state index contributed by atoms with van der Waals surface area (Å²) >= 11 is 1.36. The molecule has 1 aromatic rings. The predicted octanol–water partition coefficient (Wildman–Crippen LogP) is 2.35. The van der Waals surface area contributed by atoms with E-state index in [2.05, 4.69) is 10.6 Å². The van der Waals surface area contributed by atoms with Crippen LogP contribution in [0.15, 0.2) is 9.51 Å². The molecule has 2 heterocycles. The van der Waals surface area contributed by atoms with Crippen LogP contribution in [0.1, 0.15) is 30.8 Å². The van der Waals surface area contributed by atoms with Gasteiger partial charge < -0.3 is 15.1 Å². The van der Waals surface area contributed by atoms with Crippen molar-refractivity contribution in [3.8, 4) is 0 Å². The van der Waals surface area contributed by atoms with Gasteiger partial charge in [-0.1, -0.05) is 18.7 Å². The van der Waals surface area contributed by atoms with Crippen molar-refractivity contribution in [2.75, 3.05) is 16.9 Å². The molecule has 5 nitrogen and oxygen atoms in total. The number of amides is 1. The van der Waals surface area contributed by atoms with Crippen LogP contribution in [0.3, 0.4) is 0 Å². The molecule has 1 atom stereocenters. The summed E-state index contributed by atoms with van der Waals surface area (Å²) in [4.78, 5) is 23.2. The number of furan rings is 1. The Labute approximate surface area is 103 Å². The minimum Gasteiger partial charge on any atom is -0.442 e. The first kappa shape index (κ1) is 12.0. The third-order valence-corrected chi connectivity index (χ3v) is 3.33. The molecule has 0 bridgehead atoms. The summed E-state index contributed by atoms with van der Waals surface area (Å²) in [5, 5.41) is 6.40. The van der Waals surface area contributed by atoms with Crippen LogP contribution in [0.2, 0.25) is 0 Å². The number of anilines is 2. The number of rotatable bonds is 3. The maximum Gasteiger partial charge on any atom is 0.247 e. The number of hydrogen-bond acceptors (Lipinski definition) is 5. The number of thioether (sulfide) groups is 1. The van der Waals surface area contributed by atoms with Crippen molar-refractivity contribution in [1.82, 2.24) is 0 Å². The largest absolute Gasteiger partial charge is 0.442 e. The molecule has 6 heteroatoms. The van der Waals surface area contributed by atoms with Crippen molar-refractivity contribution in [3.05, 3.63) is 5.76 Å². The number of ketones is 1. The van der Waals surface area contributed by atoms with E-state index in [4.69, 9.17) is 4.42 Å². The fourth-order valence-corrected chi connectivity index (χ4v) is 2.31. The smallest absolute Gasteiger partial charge is 0.247 e. The Balaban J connectivity index is 2.50. The van der Waals surface area contributed by atoms with Gasteiger partial charge in [0, 0.05) is 6.92 Å². The zero-order chi connectivity index (χ0) is 12.6. The highest BCUT2D eigenvalue weighted by atomic mass is 32.2. The molecule has 0 spiro atoms. The zero-order valence-electron chi connectivity index (χ0n) is 9.92. The van der Waals surface area contributed by atoms with E-state index in [0.29, 0.717) is 22.9 Å². The van der Waals surface area contributed by atoms with Gasteiger partial charge in [-0.3, -0.25) is 9.59 Å². The molecule has 0 aliphatic carbocycles. The number of nitrogens with one attached hydrogen (secondary N) is 2. The van der Waals surface area contributed by atoms with Crippen LogP contribution in [0.5, 0.6) is 0 Å². The fourth-order valence-electron chi connectivity index (χ4n) is 1.79. The minimum atomic E-state index is -0.312. The van der Waals surface area contributed by atoms with Gasteiger partial charge in [0.25, 0.3) is 0 Å². The average Bonchev–Trinajstić information content (AvgIpc) is 2.65. The van der Waals surface area contributed by atoms with E-state index in [1.807, 2.05) is 13.2 Å². The van der Waals surface area contributed by atoms with Gasteiger partial charge in [-0.15, -0.1) is 0 Å². The van der Waals surface area contributed by atoms with E-state index < -0.39 is 0 Å². The second kappa shape index (κ2) is 4.44. The summed E-state index contributed by atoms with van der Waals surface area (Å²) in [6.45, 7) is 3.35. The van der Waals surface area contributed by atoms with Gasteiger partial charge in [0.15, 0.2) is 16.6 Å². The van der Waals surface area contributed by atoms with Crippen LogP contribution in [-0.4, -0.2) is 24.0 Å². The lowest BCUT2D eigenvalue weighted by molar-refractivity contribution is -0.117. The van der Waals surface area contributed by atoms with Crippen molar-refractivity contribution >= 4 is 34.8 Å².